The maximum atomic E-state index is 12.7. The van der Waals surface area contributed by atoms with Crippen LogP contribution in [0.15, 0.2) is 24.3 Å². The summed E-state index contributed by atoms with van der Waals surface area (Å²) >= 11 is 0. The van der Waals surface area contributed by atoms with E-state index in [-0.39, 0.29) is 0 Å². The summed E-state index contributed by atoms with van der Waals surface area (Å²) < 4.78 is 12.7. The van der Waals surface area contributed by atoms with Gasteiger partial charge in [-0.05, 0) is 36.6 Å². The number of nitrogens with two attached hydrogens (primary N) is 1. The molecule has 0 aromatic heterocycles. The molecule has 2 rings (SSSR count). The normalized spacial score (nSPS) is 16.1. The molecule has 18 heavy (non-hydrogen) atoms. The largest absolute Gasteiger partial charge is 0.368 e. The fraction of sp³-hybridized carbons (Fsp3) is 0.385. The summed E-state index contributed by atoms with van der Waals surface area (Å²) in [6.07, 6.45) is 2.74. The van der Waals surface area contributed by atoms with Crippen molar-refractivity contribution in [2.75, 3.05) is 0 Å². The van der Waals surface area contributed by atoms with Crippen LogP contribution in [-0.4, -0.2) is 17.9 Å². The van der Waals surface area contributed by atoms with Crippen LogP contribution in [0.2, 0.25) is 0 Å². The van der Waals surface area contributed by atoms with Crippen molar-refractivity contribution in [1.29, 1.82) is 0 Å². The Morgan fingerprint density at radius 3 is 2.44 bits per heavy atom. The number of hydrogen-bond acceptors (Lipinski definition) is 2. The van der Waals surface area contributed by atoms with Crippen molar-refractivity contribution in [2.24, 2.45) is 11.7 Å². The molecule has 1 aromatic rings. The third kappa shape index (κ3) is 3.29. The van der Waals surface area contributed by atoms with Gasteiger partial charge < -0.3 is 11.1 Å². The van der Waals surface area contributed by atoms with Crippen molar-refractivity contribution in [3.63, 3.8) is 0 Å². The van der Waals surface area contributed by atoms with Crippen LogP contribution in [0.25, 0.3) is 0 Å². The topological polar surface area (TPSA) is 72.2 Å². The number of carbonyl (C=O) groups is 2. The number of carbonyl (C=O) groups excluding carboxylic acids is 2. The molecule has 1 aromatic carbocycles. The second-order valence-corrected chi connectivity index (χ2v) is 4.61. The smallest absolute Gasteiger partial charge is 0.251 e. The average molecular weight is 250 g/mol. The van der Waals surface area contributed by atoms with E-state index in [1.807, 2.05) is 0 Å². The van der Waals surface area contributed by atoms with E-state index in [1.54, 1.807) is 0 Å². The van der Waals surface area contributed by atoms with Gasteiger partial charge in [0.05, 0.1) is 0 Å². The molecule has 0 spiro atoms. The number of rotatable bonds is 5. The van der Waals surface area contributed by atoms with Gasteiger partial charge in [0, 0.05) is 5.56 Å². The number of primary amides is 1. The summed E-state index contributed by atoms with van der Waals surface area (Å²) in [5.41, 5.74) is 5.57. The molecular formula is C13H15FN2O2. The van der Waals surface area contributed by atoms with Gasteiger partial charge in [-0.1, -0.05) is 12.8 Å². The molecule has 1 aliphatic carbocycles. The van der Waals surface area contributed by atoms with Crippen molar-refractivity contribution in [3.8, 4) is 0 Å². The Hall–Kier alpha value is -1.91. The van der Waals surface area contributed by atoms with Gasteiger partial charge in [-0.15, -0.1) is 0 Å². The molecule has 1 aliphatic rings. The van der Waals surface area contributed by atoms with Crippen LogP contribution in [-0.2, 0) is 4.79 Å². The summed E-state index contributed by atoms with van der Waals surface area (Å²) in [5.74, 6) is -0.858. The highest BCUT2D eigenvalue weighted by molar-refractivity contribution is 5.97. The second-order valence-electron chi connectivity index (χ2n) is 4.61. The molecule has 0 saturated heterocycles. The van der Waals surface area contributed by atoms with E-state index < -0.39 is 23.7 Å². The van der Waals surface area contributed by atoms with Crippen LogP contribution in [0, 0.1) is 11.7 Å². The fourth-order valence-electron chi connectivity index (χ4n) is 1.78. The highest BCUT2D eigenvalue weighted by Gasteiger charge is 2.29. The standard InChI is InChI=1S/C13H15FN2O2/c14-10-5-3-9(4-6-10)13(18)16-11(12(15)17)7-8-1-2-8/h3-6,8,11H,1-2,7H2,(H2,15,17)(H,16,18)/t11-/m1/s1. The van der Waals surface area contributed by atoms with Gasteiger partial charge in [-0.2, -0.15) is 0 Å². The molecule has 2 amide bonds. The van der Waals surface area contributed by atoms with Gasteiger partial charge in [-0.3, -0.25) is 9.59 Å². The molecule has 96 valence electrons. The van der Waals surface area contributed by atoms with Crippen LogP contribution in [0.5, 0.6) is 0 Å². The molecule has 1 saturated carbocycles. The van der Waals surface area contributed by atoms with E-state index >= 15 is 0 Å². The Balaban J connectivity index is 1.99. The molecule has 0 aliphatic heterocycles. The maximum Gasteiger partial charge on any atom is 0.251 e. The lowest BCUT2D eigenvalue weighted by molar-refractivity contribution is -0.120. The Morgan fingerprint density at radius 2 is 1.94 bits per heavy atom. The molecule has 0 heterocycles. The predicted octanol–water partition coefficient (Wildman–Crippen LogP) is 1.21. The first-order valence-corrected chi connectivity index (χ1v) is 5.92. The van der Waals surface area contributed by atoms with Crippen LogP contribution >= 0.6 is 0 Å². The van der Waals surface area contributed by atoms with Crippen LogP contribution in [0.3, 0.4) is 0 Å². The quantitative estimate of drug-likeness (QED) is 0.824. The summed E-state index contributed by atoms with van der Waals surface area (Å²) in [7, 11) is 0. The van der Waals surface area contributed by atoms with Gasteiger partial charge in [0.15, 0.2) is 0 Å². The molecule has 4 nitrogen and oxygen atoms in total. The number of benzene rings is 1. The van der Waals surface area contributed by atoms with E-state index in [9.17, 15) is 14.0 Å². The zero-order valence-corrected chi connectivity index (χ0v) is 9.86. The zero-order valence-electron chi connectivity index (χ0n) is 9.86. The van der Waals surface area contributed by atoms with E-state index in [1.165, 1.54) is 24.3 Å². The Labute approximate surface area is 104 Å². The van der Waals surface area contributed by atoms with Crippen molar-refractivity contribution in [3.05, 3.63) is 35.6 Å². The van der Waals surface area contributed by atoms with Crippen LogP contribution < -0.4 is 11.1 Å². The second kappa shape index (κ2) is 5.16. The third-order valence-electron chi connectivity index (χ3n) is 3.02. The zero-order chi connectivity index (χ0) is 13.1. The fourth-order valence-corrected chi connectivity index (χ4v) is 1.78. The molecule has 0 radical (unpaired) electrons. The van der Waals surface area contributed by atoms with Gasteiger partial charge in [0.2, 0.25) is 5.91 Å². The maximum absolute atomic E-state index is 12.7. The van der Waals surface area contributed by atoms with Crippen LogP contribution in [0.4, 0.5) is 4.39 Å². The van der Waals surface area contributed by atoms with Gasteiger partial charge in [0.1, 0.15) is 11.9 Å². The van der Waals surface area contributed by atoms with Gasteiger partial charge in [-0.25, -0.2) is 4.39 Å². The van der Waals surface area contributed by atoms with E-state index in [0.29, 0.717) is 17.9 Å². The lowest BCUT2D eigenvalue weighted by Gasteiger charge is -2.15. The Morgan fingerprint density at radius 1 is 1.33 bits per heavy atom. The minimum absolute atomic E-state index is 0.318. The number of amides is 2. The summed E-state index contributed by atoms with van der Waals surface area (Å²) in [4.78, 5) is 23.1. The highest BCUT2D eigenvalue weighted by atomic mass is 19.1. The number of nitrogens with one attached hydrogen (secondary N) is 1. The van der Waals surface area contributed by atoms with Crippen molar-refractivity contribution >= 4 is 11.8 Å². The molecule has 1 atom stereocenters. The van der Waals surface area contributed by atoms with E-state index in [0.717, 1.165) is 12.8 Å². The van der Waals surface area contributed by atoms with Crippen LogP contribution in [0.1, 0.15) is 29.6 Å². The number of hydrogen-bond donors (Lipinski definition) is 2. The van der Waals surface area contributed by atoms with E-state index in [4.69, 9.17) is 5.73 Å². The van der Waals surface area contributed by atoms with Crippen molar-refractivity contribution < 1.29 is 14.0 Å². The third-order valence-corrected chi connectivity index (χ3v) is 3.02. The van der Waals surface area contributed by atoms with Crippen molar-refractivity contribution in [1.82, 2.24) is 5.32 Å². The highest BCUT2D eigenvalue weighted by Crippen LogP contribution is 2.33. The first-order valence-electron chi connectivity index (χ1n) is 5.92. The minimum Gasteiger partial charge on any atom is -0.368 e. The molecule has 0 bridgehead atoms. The number of halogens is 1. The SMILES string of the molecule is NC(=O)[C@@H](CC1CC1)NC(=O)c1ccc(F)cc1. The summed E-state index contributed by atoms with van der Waals surface area (Å²) in [6, 6.07) is 4.51. The average Bonchev–Trinajstić information content (AvgIpc) is 3.12. The Kier molecular flexibility index (Phi) is 3.60. The Bertz CT molecular complexity index is 455. The molecule has 1 fully saturated rings. The van der Waals surface area contributed by atoms with Gasteiger partial charge in [0.25, 0.3) is 5.91 Å². The molecule has 0 unspecified atom stereocenters. The summed E-state index contributed by atoms with van der Waals surface area (Å²) in [5, 5.41) is 2.59. The predicted molar refractivity (Wildman–Crippen MR) is 64.2 cm³/mol. The van der Waals surface area contributed by atoms with E-state index in [2.05, 4.69) is 5.32 Å². The lowest BCUT2D eigenvalue weighted by atomic mass is 10.1. The van der Waals surface area contributed by atoms with Gasteiger partial charge >= 0.3 is 0 Å². The first kappa shape index (κ1) is 12.5. The lowest BCUT2D eigenvalue weighted by Crippen LogP contribution is -2.44. The molecule has 3 N–H and O–H groups in total. The monoisotopic (exact) mass is 250 g/mol. The minimum atomic E-state index is -0.643. The van der Waals surface area contributed by atoms with Crippen molar-refractivity contribution in [2.45, 2.75) is 25.3 Å². The first-order chi connectivity index (χ1) is 8.56. The summed E-state index contributed by atoms with van der Waals surface area (Å²) in [6.45, 7) is 0. The molecule has 5 heteroatoms. The molecular weight excluding hydrogens is 235 g/mol.